The maximum Gasteiger partial charge on any atom is 0.200 e. The molecule has 0 radical (unpaired) electrons. The van der Waals surface area contributed by atoms with Crippen LogP contribution in [-0.4, -0.2) is 33.8 Å². The summed E-state index contributed by atoms with van der Waals surface area (Å²) in [6, 6.07) is 3.96. The van der Waals surface area contributed by atoms with E-state index in [1.165, 1.54) is 0 Å². The summed E-state index contributed by atoms with van der Waals surface area (Å²) in [5, 5.41) is 10.6. The molecule has 2 N–H and O–H groups in total. The van der Waals surface area contributed by atoms with Crippen molar-refractivity contribution in [1.82, 2.24) is 25.5 Å². The molecule has 2 aromatic heterocycles. The molecule has 0 fully saturated rings. The van der Waals surface area contributed by atoms with Gasteiger partial charge in [-0.05, 0) is 51.4 Å². The summed E-state index contributed by atoms with van der Waals surface area (Å²) in [6.07, 6.45) is 5.11. The number of aromatic nitrogens is 4. The van der Waals surface area contributed by atoms with E-state index in [2.05, 4.69) is 32.4 Å². The second-order valence-corrected chi connectivity index (χ2v) is 5.06. The molecule has 0 aliphatic carbocycles. The van der Waals surface area contributed by atoms with Crippen LogP contribution in [0.1, 0.15) is 43.5 Å². The predicted molar refractivity (Wildman–Crippen MR) is 80.5 cm³/mol. The quantitative estimate of drug-likeness (QED) is 0.761. The van der Waals surface area contributed by atoms with Crippen molar-refractivity contribution in [2.45, 2.75) is 39.0 Å². The first-order valence-corrected chi connectivity index (χ1v) is 7.25. The van der Waals surface area contributed by atoms with E-state index >= 15 is 0 Å². The van der Waals surface area contributed by atoms with Crippen LogP contribution in [0.15, 0.2) is 18.3 Å². The lowest BCUT2D eigenvalue weighted by Gasteiger charge is -2.10. The smallest absolute Gasteiger partial charge is 0.200 e. The highest BCUT2D eigenvalue weighted by atomic mass is 15.2. The van der Waals surface area contributed by atoms with Crippen LogP contribution in [0.5, 0.6) is 0 Å². The molecule has 20 heavy (non-hydrogen) atoms. The van der Waals surface area contributed by atoms with Gasteiger partial charge in [-0.1, -0.05) is 13.0 Å². The Bertz CT molecular complexity index is 535. The lowest BCUT2D eigenvalue weighted by molar-refractivity contribution is 0.539. The van der Waals surface area contributed by atoms with Gasteiger partial charge in [-0.25, -0.2) is 4.98 Å². The van der Waals surface area contributed by atoms with Gasteiger partial charge in [-0.3, -0.25) is 10.1 Å². The van der Waals surface area contributed by atoms with Crippen LogP contribution in [0.25, 0.3) is 11.5 Å². The fourth-order valence-corrected chi connectivity index (χ4v) is 2.34. The topological polar surface area (TPSA) is 66.5 Å². The van der Waals surface area contributed by atoms with Crippen molar-refractivity contribution in [3.05, 3.63) is 29.7 Å². The number of nitrogens with zero attached hydrogens (tertiary/aromatic N) is 3. The minimum atomic E-state index is 0.439. The second kappa shape index (κ2) is 7.14. The van der Waals surface area contributed by atoms with Crippen molar-refractivity contribution in [3.63, 3.8) is 0 Å². The van der Waals surface area contributed by atoms with Crippen LogP contribution in [0, 0.1) is 6.92 Å². The van der Waals surface area contributed by atoms with Crippen molar-refractivity contribution in [3.8, 4) is 11.5 Å². The first-order valence-electron chi connectivity index (χ1n) is 7.25. The third-order valence-electron chi connectivity index (χ3n) is 3.58. The van der Waals surface area contributed by atoms with Gasteiger partial charge in [0.05, 0.1) is 0 Å². The summed E-state index contributed by atoms with van der Waals surface area (Å²) in [7, 11) is 1.98. The Balaban J connectivity index is 2.13. The minimum absolute atomic E-state index is 0.439. The molecule has 0 aliphatic heterocycles. The first kappa shape index (κ1) is 14.7. The molecule has 0 saturated heterocycles. The molecule has 108 valence electrons. The van der Waals surface area contributed by atoms with Crippen LogP contribution < -0.4 is 5.32 Å². The molecule has 0 aliphatic rings. The van der Waals surface area contributed by atoms with Gasteiger partial charge >= 0.3 is 0 Å². The molecule has 0 bridgehead atoms. The first-order chi connectivity index (χ1) is 9.76. The SMILES string of the molecule is CCC(CCCNC)c1nc(-c2ncccc2C)n[nH]1. The van der Waals surface area contributed by atoms with Crippen molar-refractivity contribution in [2.24, 2.45) is 0 Å². The van der Waals surface area contributed by atoms with Gasteiger partial charge in [0.2, 0.25) is 0 Å². The van der Waals surface area contributed by atoms with Crippen LogP contribution in [0.2, 0.25) is 0 Å². The lowest BCUT2D eigenvalue weighted by atomic mass is 10.00. The fourth-order valence-electron chi connectivity index (χ4n) is 2.34. The summed E-state index contributed by atoms with van der Waals surface area (Å²) < 4.78 is 0. The van der Waals surface area contributed by atoms with Crippen molar-refractivity contribution in [2.75, 3.05) is 13.6 Å². The van der Waals surface area contributed by atoms with Gasteiger partial charge in [0.1, 0.15) is 11.5 Å². The molecular weight excluding hydrogens is 250 g/mol. The van der Waals surface area contributed by atoms with Gasteiger partial charge in [0, 0.05) is 12.1 Å². The second-order valence-electron chi connectivity index (χ2n) is 5.06. The standard InChI is InChI=1S/C15H23N5/c1-4-12(8-6-9-16-3)14-18-15(20-19-14)13-11(2)7-5-10-17-13/h5,7,10,12,16H,4,6,8-9H2,1-3H3,(H,18,19,20). The number of hydrogen-bond donors (Lipinski definition) is 2. The number of pyridine rings is 1. The van der Waals surface area contributed by atoms with Gasteiger partial charge in [-0.2, -0.15) is 5.10 Å². The molecule has 5 heteroatoms. The van der Waals surface area contributed by atoms with Crippen molar-refractivity contribution in [1.29, 1.82) is 0 Å². The van der Waals surface area contributed by atoms with E-state index in [0.29, 0.717) is 11.7 Å². The molecule has 1 atom stereocenters. The highest BCUT2D eigenvalue weighted by molar-refractivity contribution is 5.53. The molecule has 0 aromatic carbocycles. The predicted octanol–water partition coefficient (Wildman–Crippen LogP) is 2.67. The van der Waals surface area contributed by atoms with E-state index in [9.17, 15) is 0 Å². The zero-order valence-electron chi connectivity index (χ0n) is 12.5. The molecular formula is C15H23N5. The summed E-state index contributed by atoms with van der Waals surface area (Å²) >= 11 is 0. The molecule has 1 unspecified atom stereocenters. The van der Waals surface area contributed by atoms with Crippen molar-refractivity contribution >= 4 is 0 Å². The Hall–Kier alpha value is -1.75. The molecule has 2 rings (SSSR count). The Morgan fingerprint density at radius 3 is 2.95 bits per heavy atom. The van der Waals surface area contributed by atoms with Gasteiger partial charge in [-0.15, -0.1) is 0 Å². The maximum atomic E-state index is 4.64. The Morgan fingerprint density at radius 1 is 1.40 bits per heavy atom. The average molecular weight is 273 g/mol. The monoisotopic (exact) mass is 273 g/mol. The third kappa shape index (κ3) is 3.42. The minimum Gasteiger partial charge on any atom is -0.320 e. The fraction of sp³-hybridized carbons (Fsp3) is 0.533. The van der Waals surface area contributed by atoms with Gasteiger partial charge in [0.25, 0.3) is 0 Å². The molecule has 0 saturated carbocycles. The van der Waals surface area contributed by atoms with E-state index in [4.69, 9.17) is 0 Å². The van der Waals surface area contributed by atoms with Gasteiger partial charge < -0.3 is 5.32 Å². The third-order valence-corrected chi connectivity index (χ3v) is 3.58. The molecule has 0 amide bonds. The zero-order chi connectivity index (χ0) is 14.4. The Labute approximate surface area is 120 Å². The van der Waals surface area contributed by atoms with Crippen LogP contribution in [-0.2, 0) is 0 Å². The number of aryl methyl sites for hydroxylation is 1. The van der Waals surface area contributed by atoms with Crippen LogP contribution >= 0.6 is 0 Å². The highest BCUT2D eigenvalue weighted by Gasteiger charge is 2.16. The molecule has 0 spiro atoms. The van der Waals surface area contributed by atoms with E-state index in [1.54, 1.807) is 6.20 Å². The zero-order valence-corrected chi connectivity index (χ0v) is 12.5. The lowest BCUT2D eigenvalue weighted by Crippen LogP contribution is -2.10. The Morgan fingerprint density at radius 2 is 2.25 bits per heavy atom. The number of H-pyrrole nitrogens is 1. The van der Waals surface area contributed by atoms with E-state index in [0.717, 1.165) is 42.9 Å². The van der Waals surface area contributed by atoms with Gasteiger partial charge in [0.15, 0.2) is 5.82 Å². The molecule has 2 aromatic rings. The highest BCUT2D eigenvalue weighted by Crippen LogP contribution is 2.24. The van der Waals surface area contributed by atoms with Crippen LogP contribution in [0.3, 0.4) is 0 Å². The summed E-state index contributed by atoms with van der Waals surface area (Å²) in [6.45, 7) is 5.26. The van der Waals surface area contributed by atoms with E-state index in [1.807, 2.05) is 26.1 Å². The Kier molecular flexibility index (Phi) is 5.24. The average Bonchev–Trinajstić information content (AvgIpc) is 2.93. The molecule has 5 nitrogen and oxygen atoms in total. The van der Waals surface area contributed by atoms with E-state index in [-0.39, 0.29) is 0 Å². The number of hydrogen-bond acceptors (Lipinski definition) is 4. The maximum absolute atomic E-state index is 4.64. The van der Waals surface area contributed by atoms with Crippen molar-refractivity contribution < 1.29 is 0 Å². The number of nitrogens with one attached hydrogen (secondary N) is 2. The molecule has 2 heterocycles. The summed E-state index contributed by atoms with van der Waals surface area (Å²) in [5.74, 6) is 2.11. The summed E-state index contributed by atoms with van der Waals surface area (Å²) in [4.78, 5) is 9.01. The van der Waals surface area contributed by atoms with Crippen LogP contribution in [0.4, 0.5) is 0 Å². The van der Waals surface area contributed by atoms with E-state index < -0.39 is 0 Å². The normalized spacial score (nSPS) is 12.6. The largest absolute Gasteiger partial charge is 0.320 e. The number of aromatic amines is 1. The number of rotatable bonds is 7. The summed E-state index contributed by atoms with van der Waals surface area (Å²) in [5.41, 5.74) is 1.96.